The number of carbonyl (C=O) groups is 1. The van der Waals surface area contributed by atoms with E-state index in [1.165, 1.54) is 62.1 Å². The molecule has 2 aromatic rings. The molecule has 1 unspecified atom stereocenters. The molecule has 7 heteroatoms. The second kappa shape index (κ2) is 13.5. The zero-order chi connectivity index (χ0) is 22.5. The van der Waals surface area contributed by atoms with Crippen molar-refractivity contribution in [1.82, 2.24) is 14.8 Å². The molecule has 2 heterocycles. The Bertz CT molecular complexity index is 900. The summed E-state index contributed by atoms with van der Waals surface area (Å²) < 4.78 is 7.11. The van der Waals surface area contributed by atoms with Gasteiger partial charge < -0.3 is 4.74 Å². The SMILES string of the molecule is [C-]#[N+]c1cn2[nH]nc(C#N)c2c1C(=O)OCC(CCCCCC)CCCCCCCC. The van der Waals surface area contributed by atoms with Crippen LogP contribution in [0.15, 0.2) is 6.20 Å². The Kier molecular flexibility index (Phi) is 10.6. The Morgan fingerprint density at radius 3 is 2.39 bits per heavy atom. The van der Waals surface area contributed by atoms with Crippen LogP contribution >= 0.6 is 0 Å². The van der Waals surface area contributed by atoms with Crippen LogP contribution in [0.4, 0.5) is 5.69 Å². The molecule has 2 aromatic heterocycles. The molecule has 0 aliphatic carbocycles. The van der Waals surface area contributed by atoms with Gasteiger partial charge >= 0.3 is 5.97 Å². The zero-order valence-corrected chi connectivity index (χ0v) is 19.0. The highest BCUT2D eigenvalue weighted by molar-refractivity contribution is 6.04. The molecule has 0 bridgehead atoms. The molecule has 1 N–H and O–H groups in total. The predicted molar refractivity (Wildman–Crippen MR) is 121 cm³/mol. The van der Waals surface area contributed by atoms with Crippen molar-refractivity contribution in [3.8, 4) is 6.07 Å². The van der Waals surface area contributed by atoms with Gasteiger partial charge in [0, 0.05) is 6.20 Å². The van der Waals surface area contributed by atoms with Crippen molar-refractivity contribution in [2.75, 3.05) is 6.61 Å². The van der Waals surface area contributed by atoms with Gasteiger partial charge in [-0.25, -0.2) is 14.9 Å². The van der Waals surface area contributed by atoms with Gasteiger partial charge in [-0.15, -0.1) is 5.10 Å². The van der Waals surface area contributed by atoms with Gasteiger partial charge in [-0.2, -0.15) is 5.26 Å². The molecule has 1 atom stereocenters. The van der Waals surface area contributed by atoms with Gasteiger partial charge in [0.1, 0.15) is 11.6 Å². The van der Waals surface area contributed by atoms with Crippen molar-refractivity contribution in [2.45, 2.75) is 90.9 Å². The van der Waals surface area contributed by atoms with Crippen LogP contribution in [0, 0.1) is 23.8 Å². The summed E-state index contributed by atoms with van der Waals surface area (Å²) in [5.74, 6) is -0.214. The van der Waals surface area contributed by atoms with Crippen LogP contribution in [-0.4, -0.2) is 27.4 Å². The van der Waals surface area contributed by atoms with Crippen LogP contribution in [0.25, 0.3) is 10.4 Å². The van der Waals surface area contributed by atoms with E-state index in [0.29, 0.717) is 18.0 Å². The second-order valence-corrected chi connectivity index (χ2v) is 8.26. The maximum atomic E-state index is 12.9. The van der Waals surface area contributed by atoms with E-state index in [2.05, 4.69) is 29.0 Å². The minimum absolute atomic E-state index is 0.0880. The molecule has 0 aromatic carbocycles. The van der Waals surface area contributed by atoms with E-state index >= 15 is 0 Å². The summed E-state index contributed by atoms with van der Waals surface area (Å²) in [7, 11) is 0. The molecule has 0 radical (unpaired) electrons. The molecule has 7 nitrogen and oxygen atoms in total. The van der Waals surface area contributed by atoms with E-state index in [0.717, 1.165) is 25.7 Å². The Labute approximate surface area is 185 Å². The standard InChI is InChI=1S/C24H35N5O2/c1-4-6-8-10-11-13-15-19(14-12-9-7-5-2)18-31-24(30)22-21(26-3)17-29-23(22)20(16-25)27-28-29/h17,19,28H,4-15,18H2,1-2H3. The molecule has 0 saturated heterocycles. The number of rotatable bonds is 15. The van der Waals surface area contributed by atoms with Crippen molar-refractivity contribution in [2.24, 2.45) is 5.92 Å². The lowest BCUT2D eigenvalue weighted by Crippen LogP contribution is -2.15. The fraction of sp³-hybridized carbons (Fsp3) is 0.667. The Morgan fingerprint density at radius 2 is 1.77 bits per heavy atom. The van der Waals surface area contributed by atoms with Gasteiger partial charge in [0.2, 0.25) is 5.69 Å². The van der Waals surface area contributed by atoms with Crippen LogP contribution < -0.4 is 0 Å². The number of aromatic amines is 1. The number of ether oxygens (including phenoxy) is 1. The number of hydrogen-bond donors (Lipinski definition) is 1. The average Bonchev–Trinajstić information content (AvgIpc) is 3.35. The molecule has 0 spiro atoms. The lowest BCUT2D eigenvalue weighted by atomic mass is 9.95. The topological polar surface area (TPSA) is 87.5 Å². The summed E-state index contributed by atoms with van der Waals surface area (Å²) in [5.41, 5.74) is 0.703. The third kappa shape index (κ3) is 7.14. The number of carbonyl (C=O) groups excluding carboxylic acids is 1. The smallest absolute Gasteiger partial charge is 0.329 e. The lowest BCUT2D eigenvalue weighted by molar-refractivity contribution is 0.0425. The number of hydrogen-bond acceptors (Lipinski definition) is 4. The number of nitrogens with one attached hydrogen (secondary N) is 1. The lowest BCUT2D eigenvalue weighted by Gasteiger charge is -2.17. The Balaban J connectivity index is 1.98. The van der Waals surface area contributed by atoms with Crippen LogP contribution in [0.5, 0.6) is 0 Å². The Morgan fingerprint density at radius 1 is 1.16 bits per heavy atom. The van der Waals surface area contributed by atoms with Crippen molar-refractivity contribution < 1.29 is 9.53 Å². The number of aromatic nitrogens is 3. The molecule has 0 aliphatic rings. The van der Waals surface area contributed by atoms with Gasteiger partial charge in [0.25, 0.3) is 0 Å². The number of esters is 1. The third-order valence-corrected chi connectivity index (χ3v) is 5.79. The number of nitrogens with zero attached hydrogens (tertiary/aromatic N) is 4. The average molecular weight is 426 g/mol. The number of H-pyrrole nitrogens is 1. The first-order valence-electron chi connectivity index (χ1n) is 11.7. The van der Waals surface area contributed by atoms with Crippen LogP contribution in [0.1, 0.15) is 107 Å². The van der Waals surface area contributed by atoms with Crippen molar-refractivity contribution in [1.29, 1.82) is 5.26 Å². The van der Waals surface area contributed by atoms with E-state index in [1.807, 2.05) is 6.07 Å². The van der Waals surface area contributed by atoms with E-state index in [4.69, 9.17) is 11.3 Å². The number of fused-ring (bicyclic) bond motifs is 1. The highest BCUT2D eigenvalue weighted by atomic mass is 16.5. The van der Waals surface area contributed by atoms with E-state index in [1.54, 1.807) is 0 Å². The maximum Gasteiger partial charge on any atom is 0.329 e. The van der Waals surface area contributed by atoms with Crippen LogP contribution in [-0.2, 0) is 4.74 Å². The van der Waals surface area contributed by atoms with Gasteiger partial charge in [-0.3, -0.25) is 4.52 Å². The Hall–Kier alpha value is -2.80. The fourth-order valence-electron chi connectivity index (χ4n) is 3.98. The maximum absolute atomic E-state index is 12.9. The van der Waals surface area contributed by atoms with Gasteiger partial charge in [0.15, 0.2) is 5.69 Å². The molecule has 31 heavy (non-hydrogen) atoms. The van der Waals surface area contributed by atoms with Crippen molar-refractivity contribution in [3.63, 3.8) is 0 Å². The molecule has 0 fully saturated rings. The van der Waals surface area contributed by atoms with Crippen molar-refractivity contribution in [3.05, 3.63) is 28.9 Å². The third-order valence-electron chi connectivity index (χ3n) is 5.79. The summed E-state index contributed by atoms with van der Waals surface area (Å²) in [6.45, 7) is 12.2. The van der Waals surface area contributed by atoms with Gasteiger partial charge in [-0.05, 0) is 18.8 Å². The molecule has 0 aliphatic heterocycles. The number of nitriles is 1. The van der Waals surface area contributed by atoms with Gasteiger partial charge in [0.05, 0.1) is 18.7 Å². The van der Waals surface area contributed by atoms with Crippen LogP contribution in [0.2, 0.25) is 0 Å². The van der Waals surface area contributed by atoms with E-state index in [-0.39, 0.29) is 16.9 Å². The fourth-order valence-corrected chi connectivity index (χ4v) is 3.98. The number of unbranched alkanes of at least 4 members (excludes halogenated alkanes) is 8. The second-order valence-electron chi connectivity index (χ2n) is 8.26. The summed E-state index contributed by atoms with van der Waals surface area (Å²) in [4.78, 5) is 16.3. The molecular formula is C24H35N5O2. The first-order valence-corrected chi connectivity index (χ1v) is 11.7. The summed E-state index contributed by atoms with van der Waals surface area (Å²) >= 11 is 0. The largest absolute Gasteiger partial charge is 0.463 e. The van der Waals surface area contributed by atoms with Gasteiger partial charge in [-0.1, -0.05) is 78.1 Å². The summed E-state index contributed by atoms with van der Waals surface area (Å²) in [6, 6.07) is 1.96. The molecule has 168 valence electrons. The first-order chi connectivity index (χ1) is 15.2. The molecule has 2 rings (SSSR count). The molecule has 0 amide bonds. The van der Waals surface area contributed by atoms with E-state index < -0.39 is 5.97 Å². The predicted octanol–water partition coefficient (Wildman–Crippen LogP) is 6.58. The highest BCUT2D eigenvalue weighted by Crippen LogP contribution is 2.29. The highest BCUT2D eigenvalue weighted by Gasteiger charge is 2.24. The summed E-state index contributed by atoms with van der Waals surface area (Å²) in [6.07, 6.45) is 15.9. The molecular weight excluding hydrogens is 390 g/mol. The first kappa shape index (κ1) is 24.5. The quantitative estimate of drug-likeness (QED) is 0.198. The summed E-state index contributed by atoms with van der Waals surface area (Å²) in [5, 5.41) is 15.8. The minimum Gasteiger partial charge on any atom is -0.463 e. The van der Waals surface area contributed by atoms with E-state index in [9.17, 15) is 10.1 Å². The molecule has 0 saturated carbocycles. The van der Waals surface area contributed by atoms with Crippen LogP contribution in [0.3, 0.4) is 0 Å². The zero-order valence-electron chi connectivity index (χ0n) is 19.0. The minimum atomic E-state index is -0.548. The normalized spacial score (nSPS) is 11.9. The van der Waals surface area contributed by atoms with Crippen molar-refractivity contribution >= 4 is 17.2 Å². The monoisotopic (exact) mass is 425 g/mol.